The molecule has 2 heterocycles. The van der Waals surface area contributed by atoms with Crippen molar-refractivity contribution in [2.24, 2.45) is 5.41 Å². The Bertz CT molecular complexity index is 579. The molecule has 2 aliphatic heterocycles. The van der Waals surface area contributed by atoms with Gasteiger partial charge in [-0.1, -0.05) is 30.3 Å². The first-order chi connectivity index (χ1) is 12.4. The number of carbonyl (C=O) groups excluding carboxylic acids is 1. The fraction of sp³-hybridized carbons (Fsp3) is 0.682. The first-order valence-electron chi connectivity index (χ1n) is 10.0. The number of hydrogen-bond acceptors (Lipinski definition) is 3. The van der Waals surface area contributed by atoms with Gasteiger partial charge in [0.15, 0.2) is 0 Å². The van der Waals surface area contributed by atoms with Crippen LogP contribution in [0, 0.1) is 5.41 Å². The van der Waals surface area contributed by atoms with Crippen LogP contribution in [0.3, 0.4) is 0 Å². The summed E-state index contributed by atoms with van der Waals surface area (Å²) < 4.78 is 11.7. The number of benzene rings is 1. The van der Waals surface area contributed by atoms with E-state index in [0.717, 1.165) is 58.2 Å². The quantitative estimate of drug-likeness (QED) is 0.774. The molecule has 1 amide bonds. The number of ether oxygens (including phenoxy) is 2. The number of aryl methyl sites for hydroxylation is 1. The molecule has 0 aromatic heterocycles. The molecule has 4 heteroatoms. The second-order valence-electron chi connectivity index (χ2n) is 8.82. The number of rotatable bonds is 4. The molecule has 0 radical (unpaired) electrons. The first-order valence-corrected chi connectivity index (χ1v) is 10.0. The van der Waals surface area contributed by atoms with Crippen LogP contribution in [0.4, 0.5) is 4.79 Å². The van der Waals surface area contributed by atoms with Gasteiger partial charge in [-0.2, -0.15) is 0 Å². The van der Waals surface area contributed by atoms with E-state index >= 15 is 0 Å². The molecule has 2 aliphatic rings. The van der Waals surface area contributed by atoms with Crippen molar-refractivity contribution in [1.29, 1.82) is 0 Å². The molecule has 0 saturated carbocycles. The van der Waals surface area contributed by atoms with Gasteiger partial charge in [0.25, 0.3) is 0 Å². The zero-order chi connectivity index (χ0) is 18.6. The van der Waals surface area contributed by atoms with Gasteiger partial charge in [-0.05, 0) is 64.9 Å². The number of piperidine rings is 1. The van der Waals surface area contributed by atoms with E-state index < -0.39 is 5.60 Å². The largest absolute Gasteiger partial charge is 0.444 e. The molecule has 144 valence electrons. The maximum atomic E-state index is 12.4. The predicted molar refractivity (Wildman–Crippen MR) is 103 cm³/mol. The Morgan fingerprint density at radius 1 is 1.23 bits per heavy atom. The van der Waals surface area contributed by atoms with Gasteiger partial charge in [0, 0.05) is 25.1 Å². The van der Waals surface area contributed by atoms with Crippen molar-refractivity contribution in [3.05, 3.63) is 35.9 Å². The van der Waals surface area contributed by atoms with Crippen molar-refractivity contribution in [3.63, 3.8) is 0 Å². The van der Waals surface area contributed by atoms with Gasteiger partial charge < -0.3 is 14.4 Å². The van der Waals surface area contributed by atoms with Crippen LogP contribution in [0.5, 0.6) is 0 Å². The molecule has 2 saturated heterocycles. The summed E-state index contributed by atoms with van der Waals surface area (Å²) in [5.41, 5.74) is 1.14. The number of amides is 1. The molecule has 1 aromatic rings. The molecule has 1 atom stereocenters. The molecule has 1 aromatic carbocycles. The van der Waals surface area contributed by atoms with Crippen LogP contribution in [0.2, 0.25) is 0 Å². The Balaban J connectivity index is 1.64. The van der Waals surface area contributed by atoms with Crippen LogP contribution in [-0.2, 0) is 15.9 Å². The smallest absolute Gasteiger partial charge is 0.410 e. The highest BCUT2D eigenvalue weighted by Gasteiger charge is 2.44. The lowest BCUT2D eigenvalue weighted by Crippen LogP contribution is -2.49. The van der Waals surface area contributed by atoms with Crippen LogP contribution in [0.15, 0.2) is 30.3 Å². The number of likely N-dealkylation sites (tertiary alicyclic amines) is 1. The normalized spacial score (nSPS) is 23.0. The van der Waals surface area contributed by atoms with Crippen molar-refractivity contribution in [1.82, 2.24) is 4.90 Å². The van der Waals surface area contributed by atoms with Crippen molar-refractivity contribution in [3.8, 4) is 0 Å². The van der Waals surface area contributed by atoms with Crippen molar-refractivity contribution in [2.45, 2.75) is 71.0 Å². The van der Waals surface area contributed by atoms with E-state index in [1.54, 1.807) is 0 Å². The molecule has 0 aliphatic carbocycles. The van der Waals surface area contributed by atoms with E-state index in [0.29, 0.717) is 6.10 Å². The fourth-order valence-electron chi connectivity index (χ4n) is 4.29. The maximum absolute atomic E-state index is 12.4. The van der Waals surface area contributed by atoms with E-state index in [1.807, 2.05) is 25.7 Å². The summed E-state index contributed by atoms with van der Waals surface area (Å²) in [5.74, 6) is 0. The maximum Gasteiger partial charge on any atom is 0.410 e. The zero-order valence-corrected chi connectivity index (χ0v) is 16.5. The Kier molecular flexibility index (Phi) is 5.91. The van der Waals surface area contributed by atoms with Gasteiger partial charge >= 0.3 is 6.09 Å². The van der Waals surface area contributed by atoms with Crippen LogP contribution in [0.25, 0.3) is 0 Å². The van der Waals surface area contributed by atoms with E-state index in [4.69, 9.17) is 9.47 Å². The van der Waals surface area contributed by atoms with Gasteiger partial charge in [-0.15, -0.1) is 0 Å². The Morgan fingerprint density at radius 2 is 1.92 bits per heavy atom. The minimum absolute atomic E-state index is 0.179. The third kappa shape index (κ3) is 4.79. The highest BCUT2D eigenvalue weighted by molar-refractivity contribution is 5.68. The third-order valence-electron chi connectivity index (χ3n) is 5.78. The lowest BCUT2D eigenvalue weighted by molar-refractivity contribution is -0.0492. The first kappa shape index (κ1) is 19.2. The van der Waals surface area contributed by atoms with E-state index in [-0.39, 0.29) is 11.5 Å². The number of hydrogen-bond donors (Lipinski definition) is 0. The molecule has 0 bridgehead atoms. The molecule has 0 spiro atoms. The van der Waals surface area contributed by atoms with Gasteiger partial charge in [-0.3, -0.25) is 0 Å². The highest BCUT2D eigenvalue weighted by Crippen LogP contribution is 2.44. The van der Waals surface area contributed by atoms with Crippen LogP contribution >= 0.6 is 0 Å². The molecular formula is C22H33NO3. The standard InChI is InChI=1S/C22H33NO3/c1-21(2,3)26-20(24)23-15-13-22(14-16-23,19-10-7-17-25-19)12-11-18-8-5-4-6-9-18/h4-6,8-9,19H,7,10-17H2,1-3H3/t19-/m0/s1. The molecule has 3 rings (SSSR count). The van der Waals surface area contributed by atoms with E-state index in [9.17, 15) is 4.79 Å². The van der Waals surface area contributed by atoms with Gasteiger partial charge in [0.05, 0.1) is 6.10 Å². The molecule has 2 fully saturated rings. The average molecular weight is 360 g/mol. The van der Waals surface area contributed by atoms with Gasteiger partial charge in [-0.25, -0.2) is 4.79 Å². The molecule has 0 unspecified atom stereocenters. The topological polar surface area (TPSA) is 38.8 Å². The molecule has 4 nitrogen and oxygen atoms in total. The number of nitrogens with zero attached hydrogens (tertiary/aromatic N) is 1. The molecule has 0 N–H and O–H groups in total. The van der Waals surface area contributed by atoms with E-state index in [1.165, 1.54) is 5.56 Å². The lowest BCUT2D eigenvalue weighted by atomic mass is 9.69. The highest BCUT2D eigenvalue weighted by atomic mass is 16.6. The van der Waals surface area contributed by atoms with Crippen molar-refractivity contribution < 1.29 is 14.3 Å². The molecular weight excluding hydrogens is 326 g/mol. The van der Waals surface area contributed by atoms with Crippen LogP contribution < -0.4 is 0 Å². The summed E-state index contributed by atoms with van der Waals surface area (Å²) in [7, 11) is 0. The number of carbonyl (C=O) groups is 1. The summed E-state index contributed by atoms with van der Waals surface area (Å²) in [6.07, 6.45) is 6.69. The summed E-state index contributed by atoms with van der Waals surface area (Å²) in [6.45, 7) is 8.18. The minimum atomic E-state index is -0.437. The third-order valence-corrected chi connectivity index (χ3v) is 5.78. The predicted octanol–water partition coefficient (Wildman–Crippen LogP) is 4.82. The summed E-state index contributed by atoms with van der Waals surface area (Å²) in [4.78, 5) is 14.3. The summed E-state index contributed by atoms with van der Waals surface area (Å²) in [6, 6.07) is 10.7. The zero-order valence-electron chi connectivity index (χ0n) is 16.5. The van der Waals surface area contributed by atoms with Gasteiger partial charge in [0.2, 0.25) is 0 Å². The van der Waals surface area contributed by atoms with Crippen LogP contribution in [0.1, 0.15) is 58.4 Å². The second-order valence-corrected chi connectivity index (χ2v) is 8.82. The monoisotopic (exact) mass is 359 g/mol. The SMILES string of the molecule is CC(C)(C)OC(=O)N1CCC(CCc2ccccc2)([C@@H]2CCCO2)CC1. The summed E-state index contributed by atoms with van der Waals surface area (Å²) in [5, 5.41) is 0. The van der Waals surface area contributed by atoms with Crippen LogP contribution in [-0.4, -0.2) is 42.4 Å². The second kappa shape index (κ2) is 7.99. The van der Waals surface area contributed by atoms with Crippen molar-refractivity contribution >= 4 is 6.09 Å². The fourth-order valence-corrected chi connectivity index (χ4v) is 4.29. The lowest BCUT2D eigenvalue weighted by Gasteiger charge is -2.45. The Hall–Kier alpha value is -1.55. The van der Waals surface area contributed by atoms with E-state index in [2.05, 4.69) is 30.3 Å². The van der Waals surface area contributed by atoms with Gasteiger partial charge in [0.1, 0.15) is 5.60 Å². The Morgan fingerprint density at radius 3 is 2.50 bits per heavy atom. The molecule has 26 heavy (non-hydrogen) atoms. The Labute approximate surface area is 157 Å². The minimum Gasteiger partial charge on any atom is -0.444 e. The van der Waals surface area contributed by atoms with Crippen molar-refractivity contribution in [2.75, 3.05) is 19.7 Å². The average Bonchev–Trinajstić information content (AvgIpc) is 3.15. The summed E-state index contributed by atoms with van der Waals surface area (Å²) >= 11 is 0.